The maximum atomic E-state index is 6.54. The number of halogens is 2. The molecule has 1 atom stereocenters. The molecule has 0 spiro atoms. The van der Waals surface area contributed by atoms with Crippen LogP contribution in [0, 0.1) is 3.57 Å². The second kappa shape index (κ2) is 6.68. The van der Waals surface area contributed by atoms with Crippen LogP contribution in [-0.4, -0.2) is 18.8 Å². The minimum Gasteiger partial charge on any atom is -0.369 e. The minimum absolute atomic E-state index is 0.145. The fraction of sp³-hybridized carbons (Fsp3) is 0.350. The van der Waals surface area contributed by atoms with Gasteiger partial charge in [0, 0.05) is 33.6 Å². The largest absolute Gasteiger partial charge is 0.369 e. The molecule has 126 valence electrons. The van der Waals surface area contributed by atoms with E-state index < -0.39 is 0 Å². The smallest absolute Gasteiger partial charge is 0.0630 e. The highest BCUT2D eigenvalue weighted by molar-refractivity contribution is 14.1. The normalized spacial score (nSPS) is 19.6. The van der Waals surface area contributed by atoms with Crippen LogP contribution in [-0.2, 0) is 0 Å². The standard InChI is InChI=1S/C20H22ClIN2/c1-13-11-20(2,3)24(4)19-10-18(21)14(9-17(13)19)12-23-16-7-5-15(22)6-8-16/h5-10,12-13H,11H2,1-4H3. The molecule has 0 bridgehead atoms. The lowest BCUT2D eigenvalue weighted by molar-refractivity contribution is 0.395. The SMILES string of the molecule is CC1CC(C)(C)N(C)c2cc(Cl)c(C=Nc3ccc(I)cc3)cc21. The van der Waals surface area contributed by atoms with Crippen molar-refractivity contribution >= 4 is 51.8 Å². The first-order valence-corrected chi connectivity index (χ1v) is 9.60. The lowest BCUT2D eigenvalue weighted by atomic mass is 9.80. The van der Waals surface area contributed by atoms with E-state index in [-0.39, 0.29) is 5.54 Å². The van der Waals surface area contributed by atoms with Gasteiger partial charge in [-0.2, -0.15) is 0 Å². The maximum Gasteiger partial charge on any atom is 0.0630 e. The molecule has 1 aliphatic rings. The summed E-state index contributed by atoms with van der Waals surface area (Å²) >= 11 is 8.83. The van der Waals surface area contributed by atoms with E-state index >= 15 is 0 Å². The Labute approximate surface area is 163 Å². The number of aliphatic imine (C=N–C) groups is 1. The van der Waals surface area contributed by atoms with Crippen molar-refractivity contribution in [2.75, 3.05) is 11.9 Å². The number of hydrogen-bond donors (Lipinski definition) is 0. The summed E-state index contributed by atoms with van der Waals surface area (Å²) in [4.78, 5) is 6.92. The third-order valence-electron chi connectivity index (χ3n) is 4.93. The molecule has 0 fully saturated rings. The van der Waals surface area contributed by atoms with Gasteiger partial charge in [-0.1, -0.05) is 18.5 Å². The summed E-state index contributed by atoms with van der Waals surface area (Å²) in [6, 6.07) is 12.4. The molecule has 0 radical (unpaired) electrons. The van der Waals surface area contributed by atoms with Crippen molar-refractivity contribution in [3.05, 3.63) is 56.1 Å². The van der Waals surface area contributed by atoms with Crippen molar-refractivity contribution in [2.45, 2.75) is 38.6 Å². The van der Waals surface area contributed by atoms with Crippen LogP contribution in [0.1, 0.15) is 44.2 Å². The maximum absolute atomic E-state index is 6.54. The van der Waals surface area contributed by atoms with Gasteiger partial charge >= 0.3 is 0 Å². The first-order chi connectivity index (χ1) is 11.3. The predicted molar refractivity (Wildman–Crippen MR) is 113 cm³/mol. The number of nitrogens with zero attached hydrogens (tertiary/aromatic N) is 2. The Kier molecular flexibility index (Phi) is 4.94. The van der Waals surface area contributed by atoms with Gasteiger partial charge in [0.25, 0.3) is 0 Å². The monoisotopic (exact) mass is 452 g/mol. The zero-order valence-electron chi connectivity index (χ0n) is 14.5. The summed E-state index contributed by atoms with van der Waals surface area (Å²) in [7, 11) is 2.15. The van der Waals surface area contributed by atoms with E-state index in [1.807, 2.05) is 18.3 Å². The minimum atomic E-state index is 0.145. The van der Waals surface area contributed by atoms with Crippen LogP contribution in [0.4, 0.5) is 11.4 Å². The van der Waals surface area contributed by atoms with Gasteiger partial charge in [0.1, 0.15) is 0 Å². The molecule has 2 aromatic rings. The van der Waals surface area contributed by atoms with E-state index in [0.717, 1.165) is 22.7 Å². The number of fused-ring (bicyclic) bond motifs is 1. The van der Waals surface area contributed by atoms with Crippen LogP contribution in [0.25, 0.3) is 0 Å². The zero-order chi connectivity index (χ0) is 17.5. The summed E-state index contributed by atoms with van der Waals surface area (Å²) in [5.41, 5.74) is 4.65. The molecule has 0 amide bonds. The lowest BCUT2D eigenvalue weighted by Gasteiger charge is -2.45. The van der Waals surface area contributed by atoms with Crippen molar-refractivity contribution in [1.82, 2.24) is 0 Å². The summed E-state index contributed by atoms with van der Waals surface area (Å²) in [5.74, 6) is 0.508. The topological polar surface area (TPSA) is 15.6 Å². The van der Waals surface area contributed by atoms with E-state index in [9.17, 15) is 0 Å². The van der Waals surface area contributed by atoms with Crippen molar-refractivity contribution in [2.24, 2.45) is 4.99 Å². The Balaban J connectivity index is 1.97. The third kappa shape index (κ3) is 3.47. The van der Waals surface area contributed by atoms with Crippen molar-refractivity contribution in [3.8, 4) is 0 Å². The predicted octanol–water partition coefficient (Wildman–Crippen LogP) is 6.42. The molecular formula is C20H22ClIN2. The number of hydrogen-bond acceptors (Lipinski definition) is 2. The molecule has 3 rings (SSSR count). The summed E-state index contributed by atoms with van der Waals surface area (Å²) in [6.07, 6.45) is 3.00. The fourth-order valence-electron chi connectivity index (χ4n) is 3.37. The molecule has 0 aliphatic carbocycles. The first-order valence-electron chi connectivity index (χ1n) is 8.15. The molecule has 24 heavy (non-hydrogen) atoms. The lowest BCUT2D eigenvalue weighted by Crippen LogP contribution is -2.45. The molecule has 0 N–H and O–H groups in total. The van der Waals surface area contributed by atoms with Gasteiger partial charge in [-0.05, 0) is 90.7 Å². The second-order valence-electron chi connectivity index (χ2n) is 7.14. The highest BCUT2D eigenvalue weighted by atomic mass is 127. The van der Waals surface area contributed by atoms with Crippen molar-refractivity contribution in [1.29, 1.82) is 0 Å². The zero-order valence-corrected chi connectivity index (χ0v) is 17.4. The van der Waals surface area contributed by atoms with Crippen LogP contribution >= 0.6 is 34.2 Å². The first kappa shape index (κ1) is 17.7. The molecule has 1 heterocycles. The Morgan fingerprint density at radius 1 is 1.25 bits per heavy atom. The Morgan fingerprint density at radius 2 is 1.92 bits per heavy atom. The van der Waals surface area contributed by atoms with Gasteiger partial charge < -0.3 is 4.90 Å². The highest BCUT2D eigenvalue weighted by Gasteiger charge is 2.34. The van der Waals surface area contributed by atoms with Crippen molar-refractivity contribution < 1.29 is 0 Å². The number of rotatable bonds is 2. The molecule has 1 aliphatic heterocycles. The molecule has 2 aromatic carbocycles. The van der Waals surface area contributed by atoms with Crippen LogP contribution in [0.5, 0.6) is 0 Å². The Morgan fingerprint density at radius 3 is 2.58 bits per heavy atom. The third-order valence-corrected chi connectivity index (χ3v) is 5.98. The van der Waals surface area contributed by atoms with E-state index in [4.69, 9.17) is 11.6 Å². The average molecular weight is 453 g/mol. The molecule has 1 unspecified atom stereocenters. The number of benzene rings is 2. The van der Waals surface area contributed by atoms with Crippen LogP contribution < -0.4 is 4.90 Å². The summed E-state index contributed by atoms with van der Waals surface area (Å²) in [6.45, 7) is 6.86. The highest BCUT2D eigenvalue weighted by Crippen LogP contribution is 2.44. The summed E-state index contributed by atoms with van der Waals surface area (Å²) < 4.78 is 1.21. The van der Waals surface area contributed by atoms with Gasteiger partial charge in [0.15, 0.2) is 0 Å². The van der Waals surface area contributed by atoms with Crippen LogP contribution in [0.15, 0.2) is 41.4 Å². The molecule has 2 nitrogen and oxygen atoms in total. The summed E-state index contributed by atoms with van der Waals surface area (Å²) in [5, 5.41) is 0.750. The van der Waals surface area contributed by atoms with Gasteiger partial charge in [-0.15, -0.1) is 0 Å². The van der Waals surface area contributed by atoms with E-state index in [1.54, 1.807) is 0 Å². The van der Waals surface area contributed by atoms with Crippen molar-refractivity contribution in [3.63, 3.8) is 0 Å². The average Bonchev–Trinajstić information content (AvgIpc) is 2.52. The molecule has 0 saturated heterocycles. The van der Waals surface area contributed by atoms with E-state index in [2.05, 4.69) is 84.6 Å². The van der Waals surface area contributed by atoms with E-state index in [0.29, 0.717) is 5.92 Å². The van der Waals surface area contributed by atoms with Crippen LogP contribution in [0.2, 0.25) is 5.02 Å². The van der Waals surface area contributed by atoms with Gasteiger partial charge in [-0.25, -0.2) is 0 Å². The van der Waals surface area contributed by atoms with Gasteiger partial charge in [0.05, 0.1) is 10.7 Å². The van der Waals surface area contributed by atoms with E-state index in [1.165, 1.54) is 14.8 Å². The molecule has 4 heteroatoms. The number of anilines is 1. The van der Waals surface area contributed by atoms with Crippen LogP contribution in [0.3, 0.4) is 0 Å². The van der Waals surface area contributed by atoms with Gasteiger partial charge in [-0.3, -0.25) is 4.99 Å². The molecular weight excluding hydrogens is 431 g/mol. The Bertz CT molecular complexity index is 781. The Hall–Kier alpha value is -1.07. The van der Waals surface area contributed by atoms with Gasteiger partial charge in [0.2, 0.25) is 0 Å². The quantitative estimate of drug-likeness (QED) is 0.379. The molecule has 0 saturated carbocycles. The molecule has 0 aromatic heterocycles. The fourth-order valence-corrected chi connectivity index (χ4v) is 3.94. The second-order valence-corrected chi connectivity index (χ2v) is 8.80.